The number of esters is 1. The smallest absolute Gasteiger partial charge is 0.409 e. The summed E-state index contributed by atoms with van der Waals surface area (Å²) in [5.74, 6) is -0.773. The van der Waals surface area contributed by atoms with Crippen LogP contribution in [0.1, 0.15) is 79.7 Å². The van der Waals surface area contributed by atoms with Crippen molar-refractivity contribution >= 4 is 31.5 Å². The molecule has 12 nitrogen and oxygen atoms in total. The van der Waals surface area contributed by atoms with Crippen molar-refractivity contribution < 1.29 is 47.2 Å². The number of pyridine rings is 1. The molecule has 1 heterocycles. The third-order valence-corrected chi connectivity index (χ3v) is 11.8. The number of alkyl carbamates (subject to hydrolysis) is 1. The normalized spacial score (nSPS) is 14.9. The van der Waals surface area contributed by atoms with Crippen molar-refractivity contribution in [2.75, 3.05) is 79.7 Å². The van der Waals surface area contributed by atoms with E-state index in [1.807, 2.05) is 42.5 Å². The first-order chi connectivity index (χ1) is 27.2. The molecule has 0 aliphatic heterocycles. The van der Waals surface area contributed by atoms with Crippen molar-refractivity contribution in [3.05, 3.63) is 89.2 Å². The van der Waals surface area contributed by atoms with Gasteiger partial charge in [-0.05, 0) is 60.0 Å². The lowest BCUT2D eigenvalue weighted by Gasteiger charge is -2.31. The number of nitrogens with one attached hydrogen (secondary N) is 1. The molecule has 0 fully saturated rings. The zero-order chi connectivity index (χ0) is 40.0. The molecule has 1 aromatic heterocycles. The molecule has 13 heteroatoms. The third-order valence-electron chi connectivity index (χ3n) is 9.32. The molecule has 2 atom stereocenters. The first-order valence-electron chi connectivity index (χ1n) is 19.8. The Morgan fingerprint density at radius 3 is 1.86 bits per heavy atom. The van der Waals surface area contributed by atoms with E-state index in [4.69, 9.17) is 42.6 Å². The van der Waals surface area contributed by atoms with Crippen LogP contribution in [0, 0.1) is 12.3 Å². The first kappa shape index (κ1) is 45.0. The fourth-order valence-electron chi connectivity index (χ4n) is 6.26. The van der Waals surface area contributed by atoms with Crippen molar-refractivity contribution in [1.29, 1.82) is 0 Å². The Hall–Kier alpha value is -3.69. The Bertz CT molecular complexity index is 1530. The van der Waals surface area contributed by atoms with E-state index in [9.17, 15) is 9.59 Å². The molecule has 2 aromatic carbocycles. The molecule has 1 N–H and O–H groups in total. The largest absolute Gasteiger partial charge is 0.465 e. The van der Waals surface area contributed by atoms with Crippen LogP contribution in [0.15, 0.2) is 66.7 Å². The van der Waals surface area contributed by atoms with Crippen molar-refractivity contribution in [2.24, 2.45) is 5.41 Å². The molecule has 0 bridgehead atoms. The highest BCUT2D eigenvalue weighted by Crippen LogP contribution is 2.35. The Kier molecular flexibility index (Phi) is 20.0. The molecule has 1 aliphatic carbocycles. The quantitative estimate of drug-likeness (QED) is 0.0427. The number of aryl methyl sites for hydroxylation is 2. The molecule has 1 aliphatic rings. The van der Waals surface area contributed by atoms with E-state index >= 15 is 0 Å². The Labute approximate surface area is 334 Å². The van der Waals surface area contributed by atoms with Crippen LogP contribution in [0.2, 0.25) is 0 Å². The highest BCUT2D eigenvalue weighted by Gasteiger charge is 2.36. The number of amides is 1. The second kappa shape index (κ2) is 24.8. The Balaban J connectivity index is 1.25. The van der Waals surface area contributed by atoms with Crippen LogP contribution in [-0.4, -0.2) is 112 Å². The lowest BCUT2D eigenvalue weighted by molar-refractivity contribution is -0.0536. The SMILES string of the molecule is COC(=O)c1cc2c(nc1C)C(C(OC(=O)NCCOCCOCCOCCOCCOCCC(C)(C)C)O[SiH](c1ccccc1)c1ccccc1)CCCC2. The van der Waals surface area contributed by atoms with Gasteiger partial charge in [-0.15, -0.1) is 0 Å². The van der Waals surface area contributed by atoms with Gasteiger partial charge in [0.1, 0.15) is 0 Å². The number of carbonyl (C=O) groups excluding carboxylic acids is 2. The van der Waals surface area contributed by atoms with Crippen molar-refractivity contribution in [3.8, 4) is 0 Å². The van der Waals surface area contributed by atoms with Gasteiger partial charge in [0, 0.05) is 13.2 Å². The van der Waals surface area contributed by atoms with Crippen LogP contribution in [0.4, 0.5) is 4.79 Å². The van der Waals surface area contributed by atoms with Crippen LogP contribution in [0.5, 0.6) is 0 Å². The number of ether oxygens (including phenoxy) is 7. The van der Waals surface area contributed by atoms with Crippen LogP contribution < -0.4 is 15.7 Å². The summed E-state index contributed by atoms with van der Waals surface area (Å²) >= 11 is 0. The predicted octanol–water partition coefficient (Wildman–Crippen LogP) is 5.11. The molecule has 0 spiro atoms. The maximum atomic E-state index is 13.4. The van der Waals surface area contributed by atoms with Gasteiger partial charge in [-0.25, -0.2) is 9.59 Å². The molecular weight excluding hydrogens is 733 g/mol. The Morgan fingerprint density at radius 1 is 0.786 bits per heavy atom. The summed E-state index contributed by atoms with van der Waals surface area (Å²) in [5, 5.41) is 4.95. The summed E-state index contributed by atoms with van der Waals surface area (Å²) in [6.45, 7) is 13.5. The van der Waals surface area contributed by atoms with E-state index in [0.717, 1.165) is 53.9 Å². The highest BCUT2D eigenvalue weighted by atomic mass is 28.3. The number of nitrogens with zero attached hydrogens (tertiary/aromatic N) is 1. The van der Waals surface area contributed by atoms with Gasteiger partial charge >= 0.3 is 12.1 Å². The number of hydrogen-bond acceptors (Lipinski definition) is 11. The first-order valence-corrected chi connectivity index (χ1v) is 21.5. The highest BCUT2D eigenvalue weighted by molar-refractivity contribution is 6.80. The molecule has 1 amide bonds. The number of methoxy groups -OCH3 is 1. The fourth-order valence-corrected chi connectivity index (χ4v) is 8.62. The minimum atomic E-state index is -2.35. The number of benzene rings is 2. The molecule has 2 unspecified atom stereocenters. The zero-order valence-electron chi connectivity index (χ0n) is 33.9. The molecule has 0 saturated carbocycles. The summed E-state index contributed by atoms with van der Waals surface area (Å²) in [6.07, 6.45) is 2.73. The number of fused-ring (bicyclic) bond motifs is 1. The van der Waals surface area contributed by atoms with Crippen molar-refractivity contribution in [2.45, 2.75) is 72.0 Å². The lowest BCUT2D eigenvalue weighted by Crippen LogP contribution is -2.50. The van der Waals surface area contributed by atoms with E-state index in [2.05, 4.69) is 50.4 Å². The lowest BCUT2D eigenvalue weighted by atomic mass is 9.93. The number of rotatable bonds is 24. The van der Waals surface area contributed by atoms with Crippen molar-refractivity contribution in [3.63, 3.8) is 0 Å². The van der Waals surface area contributed by atoms with Gasteiger partial charge in [-0.2, -0.15) is 0 Å². The number of aromatic nitrogens is 1. The summed E-state index contributed by atoms with van der Waals surface area (Å²) in [5.41, 5.74) is 3.00. The summed E-state index contributed by atoms with van der Waals surface area (Å²) < 4.78 is 46.2. The monoisotopic (exact) mass is 794 g/mol. The summed E-state index contributed by atoms with van der Waals surface area (Å²) in [4.78, 5) is 30.9. The average Bonchev–Trinajstić information content (AvgIpc) is 3.40. The van der Waals surface area contributed by atoms with Crippen LogP contribution in [-0.2, 0) is 44.0 Å². The van der Waals surface area contributed by atoms with E-state index in [1.54, 1.807) is 6.92 Å². The number of carbonyl (C=O) groups is 2. The van der Waals surface area contributed by atoms with E-state index in [-0.39, 0.29) is 24.5 Å². The molecule has 3 aromatic rings. The second-order valence-electron chi connectivity index (χ2n) is 14.9. The minimum absolute atomic E-state index is 0.246. The van der Waals surface area contributed by atoms with E-state index in [1.165, 1.54) is 7.11 Å². The molecule has 4 rings (SSSR count). The van der Waals surface area contributed by atoms with Crippen LogP contribution >= 0.6 is 0 Å². The van der Waals surface area contributed by atoms with E-state index < -0.39 is 27.4 Å². The van der Waals surface area contributed by atoms with Gasteiger partial charge in [0.25, 0.3) is 0 Å². The van der Waals surface area contributed by atoms with Gasteiger partial charge in [0.2, 0.25) is 15.3 Å². The Morgan fingerprint density at radius 2 is 1.32 bits per heavy atom. The van der Waals surface area contributed by atoms with E-state index in [0.29, 0.717) is 70.5 Å². The zero-order valence-corrected chi connectivity index (χ0v) is 35.1. The summed E-state index contributed by atoms with van der Waals surface area (Å²) in [7, 11) is -0.980. The van der Waals surface area contributed by atoms with Crippen LogP contribution in [0.25, 0.3) is 0 Å². The number of hydrogen-bond donors (Lipinski definition) is 1. The van der Waals surface area contributed by atoms with Gasteiger partial charge < -0.3 is 42.9 Å². The third kappa shape index (κ3) is 16.0. The molecule has 56 heavy (non-hydrogen) atoms. The molecular formula is C43H62N2O10Si. The van der Waals surface area contributed by atoms with Gasteiger partial charge in [0.15, 0.2) is 0 Å². The average molecular weight is 795 g/mol. The minimum Gasteiger partial charge on any atom is -0.465 e. The second-order valence-corrected chi connectivity index (χ2v) is 17.3. The maximum Gasteiger partial charge on any atom is 0.409 e. The van der Waals surface area contributed by atoms with Gasteiger partial charge in [-0.1, -0.05) is 87.9 Å². The van der Waals surface area contributed by atoms with Gasteiger partial charge in [-0.3, -0.25) is 4.98 Å². The van der Waals surface area contributed by atoms with Gasteiger partial charge in [0.05, 0.1) is 89.4 Å². The van der Waals surface area contributed by atoms with Crippen LogP contribution in [0.3, 0.4) is 0 Å². The standard InChI is InChI=1S/C43H62N2O10Si/c1-33-38(40(46)48-5)32-34-14-12-13-19-37(39(34)45-33)41(55-56(35-15-8-6-9-16-35)36-17-10-7-11-18-36)54-42(47)44-21-23-50-25-27-52-29-31-53-30-28-51-26-24-49-22-20-43(2,3)4/h6-11,15-18,32,37,41,56H,12-14,19-31H2,1-5H3,(H,44,47). The molecule has 0 radical (unpaired) electrons. The topological polar surface area (TPSA) is 133 Å². The van der Waals surface area contributed by atoms with Crippen molar-refractivity contribution in [1.82, 2.24) is 10.3 Å². The fraction of sp³-hybridized carbons (Fsp3) is 0.558. The predicted molar refractivity (Wildman–Crippen MR) is 217 cm³/mol. The molecule has 308 valence electrons. The molecule has 0 saturated heterocycles. The summed E-state index contributed by atoms with van der Waals surface area (Å²) in [6, 6.07) is 22.0. The maximum absolute atomic E-state index is 13.4.